The summed E-state index contributed by atoms with van der Waals surface area (Å²) < 4.78 is 23.5. The van der Waals surface area contributed by atoms with Gasteiger partial charge in [-0.3, -0.25) is 4.79 Å². The highest BCUT2D eigenvalue weighted by Gasteiger charge is 2.12. The topological polar surface area (TPSA) is 64.6 Å². The average Bonchev–Trinajstić information content (AvgIpc) is 2.60. The molecule has 0 aliphatic rings. The quantitative estimate of drug-likeness (QED) is 0.646. The van der Waals surface area contributed by atoms with E-state index in [4.69, 9.17) is 9.47 Å². The van der Waals surface area contributed by atoms with Crippen molar-refractivity contribution in [2.75, 3.05) is 13.7 Å². The minimum atomic E-state index is -0.604. The van der Waals surface area contributed by atoms with Crippen molar-refractivity contribution in [1.29, 1.82) is 0 Å². The lowest BCUT2D eigenvalue weighted by Crippen LogP contribution is -2.19. The van der Waals surface area contributed by atoms with E-state index in [2.05, 4.69) is 5.32 Å². The maximum Gasteiger partial charge on any atom is 0.343 e. The Balaban J connectivity index is 2.09. The van der Waals surface area contributed by atoms with E-state index in [0.717, 1.165) is 5.56 Å². The van der Waals surface area contributed by atoms with E-state index in [1.165, 1.54) is 38.3 Å². The number of hydrogen-bond acceptors (Lipinski definition) is 4. The highest BCUT2D eigenvalue weighted by Crippen LogP contribution is 2.29. The third kappa shape index (κ3) is 5.46. The first-order valence-electron chi connectivity index (χ1n) is 7.56. The first-order chi connectivity index (χ1) is 12.0. The van der Waals surface area contributed by atoms with Crippen LogP contribution in [0.3, 0.4) is 0 Å². The average molecular weight is 343 g/mol. The van der Waals surface area contributed by atoms with Gasteiger partial charge < -0.3 is 14.8 Å². The summed E-state index contributed by atoms with van der Waals surface area (Å²) >= 11 is 0. The van der Waals surface area contributed by atoms with Gasteiger partial charge in [0.15, 0.2) is 11.5 Å². The Bertz CT molecular complexity index is 785. The Kier molecular flexibility index (Phi) is 6.28. The molecule has 130 valence electrons. The molecule has 0 heterocycles. The number of nitrogens with one attached hydrogen (secondary N) is 1. The van der Waals surface area contributed by atoms with E-state index < -0.39 is 11.8 Å². The summed E-state index contributed by atoms with van der Waals surface area (Å²) in [5.41, 5.74) is 1.06. The fourth-order valence-electron chi connectivity index (χ4n) is 2.01. The second kappa shape index (κ2) is 8.63. The van der Waals surface area contributed by atoms with Crippen LogP contribution in [0.25, 0.3) is 6.08 Å². The SMILES string of the molecule is COc1cc(C=CCNC(C)=O)ccc1OC(=O)c1ccc(F)cc1. The number of hydrogen-bond donors (Lipinski definition) is 1. The van der Waals surface area contributed by atoms with Crippen LogP contribution >= 0.6 is 0 Å². The number of carbonyl (C=O) groups excluding carboxylic acids is 2. The van der Waals surface area contributed by atoms with Crippen molar-refractivity contribution >= 4 is 18.0 Å². The number of esters is 1. The summed E-state index contributed by atoms with van der Waals surface area (Å²) in [5, 5.41) is 2.65. The van der Waals surface area contributed by atoms with Crippen LogP contribution in [0.5, 0.6) is 11.5 Å². The van der Waals surface area contributed by atoms with E-state index in [1.54, 1.807) is 24.3 Å². The summed E-state index contributed by atoms with van der Waals surface area (Å²) in [6.45, 7) is 1.86. The van der Waals surface area contributed by atoms with E-state index >= 15 is 0 Å². The Hall–Kier alpha value is -3.15. The van der Waals surface area contributed by atoms with Crippen LogP contribution in [0, 0.1) is 5.82 Å². The summed E-state index contributed by atoms with van der Waals surface area (Å²) in [4.78, 5) is 22.9. The van der Waals surface area contributed by atoms with Crippen LogP contribution in [0.15, 0.2) is 48.5 Å². The van der Waals surface area contributed by atoms with Crippen molar-refractivity contribution < 1.29 is 23.5 Å². The zero-order chi connectivity index (χ0) is 18.2. The minimum absolute atomic E-state index is 0.106. The Morgan fingerprint density at radius 1 is 1.12 bits per heavy atom. The molecule has 2 aromatic rings. The molecule has 0 aliphatic heterocycles. The zero-order valence-electron chi connectivity index (χ0n) is 13.9. The monoisotopic (exact) mass is 343 g/mol. The number of rotatable bonds is 6. The maximum absolute atomic E-state index is 12.9. The standard InChI is InChI=1S/C19H18FNO4/c1-13(22)21-11-3-4-14-5-10-17(18(12-14)24-2)25-19(23)15-6-8-16(20)9-7-15/h3-10,12H,11H2,1-2H3,(H,21,22). The van der Waals surface area contributed by atoms with Crippen LogP contribution in [0.4, 0.5) is 4.39 Å². The Morgan fingerprint density at radius 2 is 1.84 bits per heavy atom. The van der Waals surface area contributed by atoms with E-state index in [9.17, 15) is 14.0 Å². The van der Waals surface area contributed by atoms with Gasteiger partial charge in [-0.15, -0.1) is 0 Å². The van der Waals surface area contributed by atoms with Crippen molar-refractivity contribution in [3.8, 4) is 11.5 Å². The summed E-state index contributed by atoms with van der Waals surface area (Å²) in [7, 11) is 1.47. The Labute approximate surface area is 145 Å². The van der Waals surface area contributed by atoms with Crippen LogP contribution < -0.4 is 14.8 Å². The van der Waals surface area contributed by atoms with E-state index in [-0.39, 0.29) is 17.2 Å². The van der Waals surface area contributed by atoms with Crippen LogP contribution in [-0.2, 0) is 4.79 Å². The van der Waals surface area contributed by atoms with Crippen molar-refractivity contribution in [2.45, 2.75) is 6.92 Å². The molecule has 0 saturated heterocycles. The normalized spacial score (nSPS) is 10.5. The molecule has 1 N–H and O–H groups in total. The molecule has 0 aromatic heterocycles. The van der Waals surface area contributed by atoms with E-state index in [0.29, 0.717) is 12.3 Å². The highest BCUT2D eigenvalue weighted by atomic mass is 19.1. The molecule has 25 heavy (non-hydrogen) atoms. The Morgan fingerprint density at radius 3 is 2.48 bits per heavy atom. The second-order valence-corrected chi connectivity index (χ2v) is 5.15. The smallest absolute Gasteiger partial charge is 0.343 e. The predicted molar refractivity (Wildman–Crippen MR) is 92.1 cm³/mol. The molecule has 2 rings (SSSR count). The molecule has 6 heteroatoms. The molecule has 5 nitrogen and oxygen atoms in total. The van der Waals surface area contributed by atoms with E-state index in [1.807, 2.05) is 6.08 Å². The number of ether oxygens (including phenoxy) is 2. The van der Waals surface area contributed by atoms with Gasteiger partial charge in [0, 0.05) is 13.5 Å². The highest BCUT2D eigenvalue weighted by molar-refractivity contribution is 5.91. The maximum atomic E-state index is 12.9. The minimum Gasteiger partial charge on any atom is -0.493 e. The lowest BCUT2D eigenvalue weighted by atomic mass is 10.2. The van der Waals surface area contributed by atoms with Gasteiger partial charge in [-0.1, -0.05) is 18.2 Å². The van der Waals surface area contributed by atoms with Crippen LogP contribution in [-0.4, -0.2) is 25.5 Å². The second-order valence-electron chi connectivity index (χ2n) is 5.15. The van der Waals surface area contributed by atoms with Gasteiger partial charge in [0.25, 0.3) is 0 Å². The number of benzene rings is 2. The van der Waals surface area contributed by atoms with Gasteiger partial charge in [0.1, 0.15) is 5.82 Å². The molecule has 1 amide bonds. The fraction of sp³-hybridized carbons (Fsp3) is 0.158. The molecule has 0 unspecified atom stereocenters. The van der Waals surface area contributed by atoms with Gasteiger partial charge in [0.2, 0.25) is 5.91 Å². The van der Waals surface area contributed by atoms with Gasteiger partial charge in [-0.25, -0.2) is 9.18 Å². The van der Waals surface area contributed by atoms with Gasteiger partial charge in [0.05, 0.1) is 12.7 Å². The third-order valence-electron chi connectivity index (χ3n) is 3.25. The molecular weight excluding hydrogens is 325 g/mol. The van der Waals surface area contributed by atoms with Crippen molar-refractivity contribution in [3.63, 3.8) is 0 Å². The molecule has 0 saturated carbocycles. The van der Waals surface area contributed by atoms with Gasteiger partial charge >= 0.3 is 5.97 Å². The molecule has 0 aliphatic carbocycles. The first kappa shape index (κ1) is 18.2. The number of halogens is 1. The molecule has 0 atom stereocenters. The number of carbonyl (C=O) groups is 2. The van der Waals surface area contributed by atoms with Crippen molar-refractivity contribution in [2.24, 2.45) is 0 Å². The van der Waals surface area contributed by atoms with Gasteiger partial charge in [-0.2, -0.15) is 0 Å². The lowest BCUT2D eigenvalue weighted by molar-refractivity contribution is -0.118. The summed E-state index contributed by atoms with van der Waals surface area (Å²) in [6, 6.07) is 10.1. The van der Waals surface area contributed by atoms with Crippen molar-refractivity contribution in [3.05, 3.63) is 65.5 Å². The zero-order valence-corrected chi connectivity index (χ0v) is 13.9. The largest absolute Gasteiger partial charge is 0.493 e. The molecule has 0 fully saturated rings. The molecule has 0 radical (unpaired) electrons. The predicted octanol–water partition coefficient (Wildman–Crippen LogP) is 3.20. The van der Waals surface area contributed by atoms with Crippen molar-refractivity contribution in [1.82, 2.24) is 5.32 Å². The lowest BCUT2D eigenvalue weighted by Gasteiger charge is -2.10. The third-order valence-corrected chi connectivity index (χ3v) is 3.25. The number of methoxy groups -OCH3 is 1. The van der Waals surface area contributed by atoms with Gasteiger partial charge in [-0.05, 0) is 42.0 Å². The molecular formula is C19H18FNO4. The van der Waals surface area contributed by atoms with Crippen LogP contribution in [0.2, 0.25) is 0 Å². The molecule has 2 aromatic carbocycles. The summed E-state index contributed by atoms with van der Waals surface area (Å²) in [5.74, 6) is -0.491. The first-order valence-corrected chi connectivity index (χ1v) is 7.56. The summed E-state index contributed by atoms with van der Waals surface area (Å²) in [6.07, 6.45) is 3.60. The number of amides is 1. The molecule has 0 bridgehead atoms. The molecule has 0 spiro atoms. The fourth-order valence-corrected chi connectivity index (χ4v) is 2.01. The van der Waals surface area contributed by atoms with Crippen LogP contribution in [0.1, 0.15) is 22.8 Å².